The number of carbonyl (C=O) groups excluding carboxylic acids is 1. The summed E-state index contributed by atoms with van der Waals surface area (Å²) in [5.41, 5.74) is -2.77. The lowest BCUT2D eigenvalue weighted by Crippen LogP contribution is -2.40. The predicted octanol–water partition coefficient (Wildman–Crippen LogP) is 4.39. The standard InChI is InChI=1S/C20H17F5N2O3/c1-29-18(28)16-10-27(12-26-16)9-13-4-5-17(15(21)7-13)30-11-14-3-2-6-19(22,8-14)20(23,24)25/h2-7,10,12H,8-9,11H2,1H3. The summed E-state index contributed by atoms with van der Waals surface area (Å²) in [6, 6.07) is 4.08. The Morgan fingerprint density at radius 3 is 2.77 bits per heavy atom. The van der Waals surface area contributed by atoms with Crippen LogP contribution in [0.25, 0.3) is 0 Å². The molecule has 0 bridgehead atoms. The van der Waals surface area contributed by atoms with Crippen LogP contribution in [0.4, 0.5) is 22.0 Å². The number of ether oxygens (including phenoxy) is 2. The Morgan fingerprint density at radius 2 is 2.10 bits per heavy atom. The van der Waals surface area contributed by atoms with E-state index in [1.54, 1.807) is 10.6 Å². The number of imidazole rings is 1. The van der Waals surface area contributed by atoms with Gasteiger partial charge < -0.3 is 14.0 Å². The molecule has 0 amide bonds. The van der Waals surface area contributed by atoms with E-state index in [1.165, 1.54) is 37.8 Å². The van der Waals surface area contributed by atoms with Gasteiger partial charge in [-0.05, 0) is 29.3 Å². The number of aromatic nitrogens is 2. The lowest BCUT2D eigenvalue weighted by molar-refractivity contribution is -0.212. The molecular weight excluding hydrogens is 411 g/mol. The molecule has 160 valence electrons. The van der Waals surface area contributed by atoms with Gasteiger partial charge in [-0.25, -0.2) is 18.6 Å². The van der Waals surface area contributed by atoms with Crippen molar-refractivity contribution in [3.8, 4) is 5.75 Å². The van der Waals surface area contributed by atoms with Crippen LogP contribution in [0.2, 0.25) is 0 Å². The van der Waals surface area contributed by atoms with Gasteiger partial charge in [-0.1, -0.05) is 18.2 Å². The summed E-state index contributed by atoms with van der Waals surface area (Å²) >= 11 is 0. The number of carbonyl (C=O) groups is 1. The van der Waals surface area contributed by atoms with Crippen LogP contribution in [0.1, 0.15) is 22.5 Å². The predicted molar refractivity (Wildman–Crippen MR) is 96.3 cm³/mol. The number of alkyl halides is 4. The van der Waals surface area contributed by atoms with Crippen molar-refractivity contribution in [3.63, 3.8) is 0 Å². The van der Waals surface area contributed by atoms with E-state index in [-0.39, 0.29) is 30.2 Å². The molecule has 0 saturated heterocycles. The Bertz CT molecular complexity index is 997. The Labute approximate surface area is 168 Å². The first-order chi connectivity index (χ1) is 14.1. The van der Waals surface area contributed by atoms with Gasteiger partial charge >= 0.3 is 12.1 Å². The maximum atomic E-state index is 14.3. The molecule has 0 saturated carbocycles. The van der Waals surface area contributed by atoms with E-state index >= 15 is 0 Å². The van der Waals surface area contributed by atoms with Crippen molar-refractivity contribution < 1.29 is 36.2 Å². The number of hydrogen-bond acceptors (Lipinski definition) is 4. The lowest BCUT2D eigenvalue weighted by atomic mass is 9.91. The average molecular weight is 428 g/mol. The molecule has 0 spiro atoms. The summed E-state index contributed by atoms with van der Waals surface area (Å²) in [5.74, 6) is -1.50. The van der Waals surface area contributed by atoms with Crippen molar-refractivity contribution in [2.75, 3.05) is 13.7 Å². The lowest BCUT2D eigenvalue weighted by Gasteiger charge is -2.28. The van der Waals surface area contributed by atoms with Gasteiger partial charge in [-0.15, -0.1) is 0 Å². The van der Waals surface area contributed by atoms with Gasteiger partial charge in [0.05, 0.1) is 13.4 Å². The number of allylic oxidation sites excluding steroid dienone is 3. The second-order valence-corrected chi connectivity index (χ2v) is 6.70. The molecule has 0 aliphatic heterocycles. The zero-order valence-corrected chi connectivity index (χ0v) is 15.7. The van der Waals surface area contributed by atoms with Gasteiger partial charge in [0.15, 0.2) is 17.3 Å². The Balaban J connectivity index is 1.62. The molecular formula is C20H17F5N2O3. The maximum absolute atomic E-state index is 14.3. The molecule has 1 unspecified atom stereocenters. The quantitative estimate of drug-likeness (QED) is 0.506. The highest BCUT2D eigenvalue weighted by Gasteiger charge is 2.54. The van der Waals surface area contributed by atoms with E-state index in [2.05, 4.69) is 9.72 Å². The zero-order valence-electron chi connectivity index (χ0n) is 15.7. The number of esters is 1. The first-order valence-electron chi connectivity index (χ1n) is 8.75. The Morgan fingerprint density at radius 1 is 1.33 bits per heavy atom. The van der Waals surface area contributed by atoms with Crippen LogP contribution < -0.4 is 4.74 Å². The second kappa shape index (κ2) is 8.29. The number of rotatable bonds is 6. The molecule has 1 aromatic heterocycles. The molecule has 0 N–H and O–H groups in total. The fourth-order valence-electron chi connectivity index (χ4n) is 2.88. The van der Waals surface area contributed by atoms with Crippen molar-refractivity contribution in [2.45, 2.75) is 24.8 Å². The van der Waals surface area contributed by atoms with Crippen LogP contribution in [0.15, 0.2) is 54.5 Å². The minimum atomic E-state index is -5.04. The van der Waals surface area contributed by atoms with Crippen molar-refractivity contribution in [2.24, 2.45) is 0 Å². The van der Waals surface area contributed by atoms with Crippen molar-refractivity contribution >= 4 is 5.97 Å². The molecule has 1 aliphatic carbocycles. The largest absolute Gasteiger partial charge is 0.486 e. The average Bonchev–Trinajstić information content (AvgIpc) is 3.14. The molecule has 0 radical (unpaired) electrons. The number of halogens is 5. The number of nitrogens with zero attached hydrogens (tertiary/aromatic N) is 2. The molecule has 10 heteroatoms. The highest BCUT2D eigenvalue weighted by Crippen LogP contribution is 2.41. The molecule has 1 aromatic carbocycles. The third kappa shape index (κ3) is 4.69. The summed E-state index contributed by atoms with van der Waals surface area (Å²) in [4.78, 5) is 15.3. The van der Waals surface area contributed by atoms with Gasteiger partial charge in [-0.2, -0.15) is 13.2 Å². The first-order valence-corrected chi connectivity index (χ1v) is 8.75. The van der Waals surface area contributed by atoms with E-state index in [0.717, 1.165) is 6.08 Å². The molecule has 1 heterocycles. The second-order valence-electron chi connectivity index (χ2n) is 6.70. The molecule has 1 aliphatic rings. The topological polar surface area (TPSA) is 53.4 Å². The minimum Gasteiger partial charge on any atom is -0.486 e. The van der Waals surface area contributed by atoms with E-state index in [9.17, 15) is 26.7 Å². The number of hydrogen-bond donors (Lipinski definition) is 0. The summed E-state index contributed by atoms with van der Waals surface area (Å²) in [6.45, 7) is -0.167. The van der Waals surface area contributed by atoms with E-state index < -0.39 is 30.1 Å². The molecule has 5 nitrogen and oxygen atoms in total. The van der Waals surface area contributed by atoms with Gasteiger partial charge in [0.1, 0.15) is 6.61 Å². The molecule has 2 aromatic rings. The summed E-state index contributed by atoms with van der Waals surface area (Å²) in [7, 11) is 1.23. The molecule has 0 fully saturated rings. The van der Waals surface area contributed by atoms with Crippen LogP contribution in [-0.2, 0) is 11.3 Å². The normalized spacial score (nSPS) is 18.8. The van der Waals surface area contributed by atoms with Crippen LogP contribution in [0.5, 0.6) is 5.75 Å². The summed E-state index contributed by atoms with van der Waals surface area (Å²) in [6.07, 6.45) is -0.375. The summed E-state index contributed by atoms with van der Waals surface area (Å²) in [5, 5.41) is 0. The molecule has 30 heavy (non-hydrogen) atoms. The minimum absolute atomic E-state index is 0.0505. The van der Waals surface area contributed by atoms with Crippen LogP contribution in [-0.4, -0.2) is 41.1 Å². The first kappa shape index (κ1) is 21.5. The van der Waals surface area contributed by atoms with Crippen LogP contribution >= 0.6 is 0 Å². The number of benzene rings is 1. The van der Waals surface area contributed by atoms with Crippen molar-refractivity contribution in [3.05, 3.63) is 71.6 Å². The van der Waals surface area contributed by atoms with Gasteiger partial charge in [0.25, 0.3) is 0 Å². The SMILES string of the molecule is COC(=O)c1cn(Cc2ccc(OCC3=CC=CC(F)(C(F)(F)F)C3)c(F)c2)cn1. The van der Waals surface area contributed by atoms with Crippen LogP contribution in [0.3, 0.4) is 0 Å². The third-order valence-corrected chi connectivity index (χ3v) is 4.45. The van der Waals surface area contributed by atoms with Crippen molar-refractivity contribution in [1.29, 1.82) is 0 Å². The van der Waals surface area contributed by atoms with Crippen LogP contribution in [0, 0.1) is 5.82 Å². The zero-order chi connectivity index (χ0) is 21.9. The van der Waals surface area contributed by atoms with Gasteiger partial charge in [0.2, 0.25) is 5.67 Å². The summed E-state index contributed by atoms with van der Waals surface area (Å²) < 4.78 is 78.2. The van der Waals surface area contributed by atoms with E-state index in [4.69, 9.17) is 4.74 Å². The van der Waals surface area contributed by atoms with Gasteiger partial charge in [0, 0.05) is 19.2 Å². The highest BCUT2D eigenvalue weighted by atomic mass is 19.4. The molecule has 1 atom stereocenters. The Hall–Kier alpha value is -3.17. The fourth-order valence-corrected chi connectivity index (χ4v) is 2.88. The maximum Gasteiger partial charge on any atom is 0.426 e. The molecule has 3 rings (SSSR count). The van der Waals surface area contributed by atoms with Gasteiger partial charge in [-0.3, -0.25) is 0 Å². The highest BCUT2D eigenvalue weighted by molar-refractivity contribution is 5.86. The van der Waals surface area contributed by atoms with Crippen molar-refractivity contribution in [1.82, 2.24) is 9.55 Å². The smallest absolute Gasteiger partial charge is 0.426 e. The fraction of sp³-hybridized carbons (Fsp3) is 0.300. The third-order valence-electron chi connectivity index (χ3n) is 4.45. The number of methoxy groups -OCH3 is 1. The van der Waals surface area contributed by atoms with E-state index in [0.29, 0.717) is 11.6 Å². The monoisotopic (exact) mass is 428 g/mol. The Kier molecular flexibility index (Phi) is 5.95. The van der Waals surface area contributed by atoms with E-state index in [1.807, 2.05) is 0 Å².